The summed E-state index contributed by atoms with van der Waals surface area (Å²) in [6.07, 6.45) is 1.95. The minimum atomic E-state index is -3.68. The molecule has 1 aliphatic heterocycles. The molecule has 1 aliphatic rings. The molecule has 7 heteroatoms. The fraction of sp³-hybridized carbons (Fsp3) is 0.300. The van der Waals surface area contributed by atoms with E-state index in [4.69, 9.17) is 5.26 Å². The van der Waals surface area contributed by atoms with E-state index >= 15 is 0 Å². The number of hydrogen-bond acceptors (Lipinski definition) is 4. The van der Waals surface area contributed by atoms with Crippen molar-refractivity contribution in [2.24, 2.45) is 0 Å². The largest absolute Gasteiger partial charge is 0.308 e. The number of carbonyl (C=O) groups is 1. The van der Waals surface area contributed by atoms with Gasteiger partial charge in [-0.2, -0.15) is 5.26 Å². The molecule has 3 rings (SSSR count). The highest BCUT2D eigenvalue weighted by atomic mass is 32.2. The Morgan fingerprint density at radius 3 is 2.67 bits per heavy atom. The number of sulfonamides is 1. The third-order valence-corrected chi connectivity index (χ3v) is 6.02. The second-order valence-electron chi connectivity index (χ2n) is 6.52. The molecule has 0 saturated carbocycles. The number of anilines is 1. The maximum absolute atomic E-state index is 12.9. The molecular weight excluding hydrogens is 362 g/mol. The molecule has 6 nitrogen and oxygen atoms in total. The first-order chi connectivity index (χ1) is 12.9. The molecule has 140 valence electrons. The topological polar surface area (TPSA) is 90.3 Å². The molecular formula is C20H21N3O3S. The molecule has 0 aromatic heterocycles. The van der Waals surface area contributed by atoms with Crippen LogP contribution in [0.1, 0.15) is 34.3 Å². The molecule has 27 heavy (non-hydrogen) atoms. The number of amides is 1. The van der Waals surface area contributed by atoms with E-state index in [2.05, 4.69) is 10.8 Å². The van der Waals surface area contributed by atoms with Crippen molar-refractivity contribution in [2.75, 3.05) is 18.0 Å². The maximum Gasteiger partial charge on any atom is 0.258 e. The van der Waals surface area contributed by atoms with Gasteiger partial charge in [0.1, 0.15) is 0 Å². The zero-order valence-electron chi connectivity index (χ0n) is 15.1. The van der Waals surface area contributed by atoms with Crippen LogP contribution in [0, 0.1) is 18.3 Å². The molecule has 0 aliphatic carbocycles. The molecule has 1 amide bonds. The monoisotopic (exact) mass is 383 g/mol. The molecule has 1 N–H and O–H groups in total. The first-order valence-electron chi connectivity index (χ1n) is 8.80. The van der Waals surface area contributed by atoms with Gasteiger partial charge in [0.2, 0.25) is 10.0 Å². The number of benzene rings is 2. The second kappa shape index (κ2) is 7.91. The summed E-state index contributed by atoms with van der Waals surface area (Å²) < 4.78 is 26.7. The third kappa shape index (κ3) is 4.18. The number of hydrogen-bond donors (Lipinski definition) is 1. The Balaban J connectivity index is 1.80. The van der Waals surface area contributed by atoms with E-state index in [1.165, 1.54) is 29.8 Å². The fourth-order valence-corrected chi connectivity index (χ4v) is 4.23. The Kier molecular flexibility index (Phi) is 5.59. The molecule has 0 bridgehead atoms. The van der Waals surface area contributed by atoms with Gasteiger partial charge >= 0.3 is 0 Å². The van der Waals surface area contributed by atoms with Crippen molar-refractivity contribution in [2.45, 2.75) is 31.1 Å². The number of nitrogens with zero attached hydrogens (tertiary/aromatic N) is 2. The first kappa shape index (κ1) is 19.1. The van der Waals surface area contributed by atoms with Crippen molar-refractivity contribution < 1.29 is 13.2 Å². The summed E-state index contributed by atoms with van der Waals surface area (Å²) in [6, 6.07) is 13.9. The Labute approximate surface area is 159 Å². The van der Waals surface area contributed by atoms with Crippen molar-refractivity contribution in [1.82, 2.24) is 4.72 Å². The van der Waals surface area contributed by atoms with Gasteiger partial charge in [0.05, 0.1) is 11.0 Å². The van der Waals surface area contributed by atoms with E-state index < -0.39 is 10.0 Å². The molecule has 0 radical (unpaired) electrons. The van der Waals surface area contributed by atoms with Crippen LogP contribution in [0.25, 0.3) is 0 Å². The van der Waals surface area contributed by atoms with Crippen LogP contribution in [-0.2, 0) is 16.4 Å². The normalized spacial score (nSPS) is 13.7. The van der Waals surface area contributed by atoms with Crippen LogP contribution in [0.5, 0.6) is 0 Å². The van der Waals surface area contributed by atoms with Gasteiger partial charge in [0.15, 0.2) is 0 Å². The van der Waals surface area contributed by atoms with Crippen molar-refractivity contribution in [3.63, 3.8) is 0 Å². The molecule has 2 aromatic rings. The summed E-state index contributed by atoms with van der Waals surface area (Å²) in [6.45, 7) is 2.74. The van der Waals surface area contributed by atoms with Gasteiger partial charge in [-0.3, -0.25) is 4.79 Å². The van der Waals surface area contributed by atoms with Crippen molar-refractivity contribution in [3.05, 3.63) is 59.2 Å². The van der Waals surface area contributed by atoms with E-state index in [1.807, 2.05) is 25.1 Å². The van der Waals surface area contributed by atoms with E-state index in [-0.39, 0.29) is 23.8 Å². The average molecular weight is 383 g/mol. The highest BCUT2D eigenvalue weighted by molar-refractivity contribution is 7.89. The summed E-state index contributed by atoms with van der Waals surface area (Å²) in [4.78, 5) is 14.8. The van der Waals surface area contributed by atoms with Crippen molar-refractivity contribution >= 4 is 21.6 Å². The van der Waals surface area contributed by atoms with Crippen molar-refractivity contribution in [3.8, 4) is 6.07 Å². The summed E-state index contributed by atoms with van der Waals surface area (Å²) in [5.74, 6) is -0.138. The molecule has 0 unspecified atom stereocenters. The zero-order chi connectivity index (χ0) is 19.4. The number of nitrogens with one attached hydrogen (secondary N) is 1. The second-order valence-corrected chi connectivity index (χ2v) is 8.29. The van der Waals surface area contributed by atoms with Gasteiger partial charge in [0, 0.05) is 30.8 Å². The van der Waals surface area contributed by atoms with E-state index in [1.54, 1.807) is 4.90 Å². The predicted molar refractivity (Wildman–Crippen MR) is 103 cm³/mol. The Morgan fingerprint density at radius 1 is 1.22 bits per heavy atom. The lowest BCUT2D eigenvalue weighted by atomic mass is 9.99. The van der Waals surface area contributed by atoms with E-state index in [0.29, 0.717) is 12.1 Å². The number of aryl methyl sites for hydroxylation is 2. The van der Waals surface area contributed by atoms with Crippen LogP contribution in [0.3, 0.4) is 0 Å². The van der Waals surface area contributed by atoms with Gasteiger partial charge in [-0.1, -0.05) is 17.7 Å². The Bertz CT molecular complexity index is 992. The van der Waals surface area contributed by atoms with Crippen LogP contribution in [0.15, 0.2) is 47.4 Å². The van der Waals surface area contributed by atoms with Crippen LogP contribution in [0.2, 0.25) is 0 Å². The molecule has 0 atom stereocenters. The van der Waals surface area contributed by atoms with Gasteiger partial charge in [-0.15, -0.1) is 0 Å². The van der Waals surface area contributed by atoms with Crippen LogP contribution >= 0.6 is 0 Å². The lowest BCUT2D eigenvalue weighted by Crippen LogP contribution is -2.35. The predicted octanol–water partition coefficient (Wildman–Crippen LogP) is 2.78. The van der Waals surface area contributed by atoms with Crippen molar-refractivity contribution in [1.29, 1.82) is 5.26 Å². The Hall–Kier alpha value is -2.69. The minimum Gasteiger partial charge on any atom is -0.308 e. The van der Waals surface area contributed by atoms with E-state index in [0.717, 1.165) is 24.1 Å². The lowest BCUT2D eigenvalue weighted by molar-refractivity contribution is 0.0985. The van der Waals surface area contributed by atoms with Gasteiger partial charge in [-0.25, -0.2) is 13.1 Å². The number of rotatable bonds is 5. The smallest absolute Gasteiger partial charge is 0.258 e. The molecule has 0 saturated heterocycles. The summed E-state index contributed by atoms with van der Waals surface area (Å²) in [7, 11) is -3.68. The van der Waals surface area contributed by atoms with Crippen LogP contribution in [-0.4, -0.2) is 27.4 Å². The lowest BCUT2D eigenvalue weighted by Gasteiger charge is -2.30. The third-order valence-electron chi connectivity index (χ3n) is 4.54. The van der Waals surface area contributed by atoms with Gasteiger partial charge in [0.25, 0.3) is 5.91 Å². The highest BCUT2D eigenvalue weighted by Crippen LogP contribution is 2.29. The van der Waals surface area contributed by atoms with Crippen LogP contribution in [0.4, 0.5) is 5.69 Å². The zero-order valence-corrected chi connectivity index (χ0v) is 15.9. The van der Waals surface area contributed by atoms with Gasteiger partial charge in [-0.05, 0) is 55.7 Å². The highest BCUT2D eigenvalue weighted by Gasteiger charge is 2.24. The summed E-state index contributed by atoms with van der Waals surface area (Å²) in [5, 5.41) is 8.51. The Morgan fingerprint density at radius 2 is 1.96 bits per heavy atom. The summed E-state index contributed by atoms with van der Waals surface area (Å²) in [5.41, 5.74) is 3.70. The molecule has 1 heterocycles. The van der Waals surface area contributed by atoms with Gasteiger partial charge < -0.3 is 4.90 Å². The van der Waals surface area contributed by atoms with Crippen LogP contribution < -0.4 is 9.62 Å². The van der Waals surface area contributed by atoms with E-state index in [9.17, 15) is 13.2 Å². The fourth-order valence-electron chi connectivity index (χ4n) is 3.19. The minimum absolute atomic E-state index is 0.0590. The maximum atomic E-state index is 12.9. The number of fused-ring (bicyclic) bond motifs is 1. The number of carbonyl (C=O) groups excluding carboxylic acids is 1. The summed E-state index contributed by atoms with van der Waals surface area (Å²) >= 11 is 0. The average Bonchev–Trinajstić information content (AvgIpc) is 2.67. The quantitative estimate of drug-likeness (QED) is 0.804. The SMILES string of the molecule is Cc1ccc2c(c1)CCCN2C(=O)c1ccc(S(=O)(=O)NCCC#N)cc1. The molecule has 0 spiro atoms. The first-order valence-corrected chi connectivity index (χ1v) is 10.3. The molecule has 0 fully saturated rings. The number of nitriles is 1. The molecule has 2 aromatic carbocycles. The standard InChI is InChI=1S/C20H21N3O3S/c1-15-5-10-19-17(14-15)4-2-13-23(19)20(24)16-6-8-18(9-7-16)27(25,26)22-12-3-11-21/h5-10,14,22H,2-4,12-13H2,1H3.